The molecule has 0 aliphatic heterocycles. The molecule has 0 fully saturated rings. The summed E-state index contributed by atoms with van der Waals surface area (Å²) in [6, 6.07) is 16.7. The molecule has 3 rings (SSSR count). The number of aromatic nitrogens is 2. The summed E-state index contributed by atoms with van der Waals surface area (Å²) in [6.07, 6.45) is 3.59. The number of carbonyl (C=O) groups is 1. The molecule has 2 aromatic carbocycles. The highest BCUT2D eigenvalue weighted by Crippen LogP contribution is 2.14. The lowest BCUT2D eigenvalue weighted by atomic mass is 10.1. The van der Waals surface area contributed by atoms with E-state index in [1.165, 1.54) is 0 Å². The van der Waals surface area contributed by atoms with E-state index in [4.69, 9.17) is 14.7 Å². The first-order chi connectivity index (χ1) is 13.6. The lowest BCUT2D eigenvalue weighted by Crippen LogP contribution is -2.06. The first kappa shape index (κ1) is 19.2. The van der Waals surface area contributed by atoms with Crippen LogP contribution in [0.15, 0.2) is 72.1 Å². The van der Waals surface area contributed by atoms with Gasteiger partial charge in [-0.2, -0.15) is 5.10 Å². The van der Waals surface area contributed by atoms with Crippen molar-refractivity contribution in [3.63, 3.8) is 0 Å². The molecule has 1 aromatic heterocycles. The van der Waals surface area contributed by atoms with Crippen LogP contribution in [0, 0.1) is 0 Å². The number of carboxylic acids is 1. The molecule has 7 nitrogen and oxygen atoms in total. The van der Waals surface area contributed by atoms with E-state index in [1.54, 1.807) is 35.1 Å². The Hall–Kier alpha value is -3.61. The van der Waals surface area contributed by atoms with Crippen molar-refractivity contribution in [2.45, 2.75) is 13.3 Å². The number of oxime groups is 1. The number of nitrogens with zero attached hydrogens (tertiary/aromatic N) is 3. The summed E-state index contributed by atoms with van der Waals surface area (Å²) in [5.41, 5.74) is 3.38. The third-order valence-electron chi connectivity index (χ3n) is 3.95. The van der Waals surface area contributed by atoms with E-state index in [2.05, 4.69) is 10.3 Å². The molecule has 0 atom stereocenters. The van der Waals surface area contributed by atoms with Crippen molar-refractivity contribution in [3.05, 3.63) is 78.1 Å². The van der Waals surface area contributed by atoms with E-state index in [0.29, 0.717) is 17.9 Å². The average Bonchev–Trinajstić information content (AvgIpc) is 3.22. The fourth-order valence-corrected chi connectivity index (χ4v) is 2.59. The minimum atomic E-state index is -0.872. The van der Waals surface area contributed by atoms with Crippen molar-refractivity contribution in [1.82, 2.24) is 9.78 Å². The highest BCUT2D eigenvalue weighted by atomic mass is 16.6. The Morgan fingerprint density at radius 3 is 2.68 bits per heavy atom. The number of hydrogen-bond donors (Lipinski definition) is 1. The Kier molecular flexibility index (Phi) is 6.41. The van der Waals surface area contributed by atoms with Crippen molar-refractivity contribution < 1.29 is 19.5 Å². The van der Waals surface area contributed by atoms with Gasteiger partial charge in [0.1, 0.15) is 12.4 Å². The van der Waals surface area contributed by atoms with Crippen LogP contribution in [0.25, 0.3) is 5.69 Å². The predicted octanol–water partition coefficient (Wildman–Crippen LogP) is 3.32. The molecule has 0 spiro atoms. The van der Waals surface area contributed by atoms with Crippen molar-refractivity contribution >= 4 is 11.7 Å². The summed E-state index contributed by atoms with van der Waals surface area (Å²) in [5, 5.41) is 17.1. The summed E-state index contributed by atoms with van der Waals surface area (Å²) in [6.45, 7) is 2.47. The number of ether oxygens (including phenoxy) is 1. The summed E-state index contributed by atoms with van der Waals surface area (Å²) >= 11 is 0. The van der Waals surface area contributed by atoms with Crippen LogP contribution in [0.5, 0.6) is 5.75 Å². The molecule has 7 heteroatoms. The lowest BCUT2D eigenvalue weighted by molar-refractivity contribution is -0.136. The molecule has 1 N–H and O–H groups in total. The van der Waals surface area contributed by atoms with Gasteiger partial charge in [-0.1, -0.05) is 29.4 Å². The second-order valence-corrected chi connectivity index (χ2v) is 6.07. The average molecular weight is 379 g/mol. The van der Waals surface area contributed by atoms with Crippen LogP contribution in [0.1, 0.15) is 18.1 Å². The number of hydrogen-bond acceptors (Lipinski definition) is 5. The maximum absolute atomic E-state index is 10.8. The van der Waals surface area contributed by atoms with Crippen LogP contribution >= 0.6 is 0 Å². The Morgan fingerprint density at radius 2 is 1.96 bits per heavy atom. The van der Waals surface area contributed by atoms with Gasteiger partial charge in [0.2, 0.25) is 0 Å². The molecule has 0 unspecified atom stereocenters. The zero-order chi connectivity index (χ0) is 19.8. The fourth-order valence-electron chi connectivity index (χ4n) is 2.59. The van der Waals surface area contributed by atoms with Gasteiger partial charge in [0.15, 0.2) is 6.61 Å². The van der Waals surface area contributed by atoms with Crippen LogP contribution in [0.3, 0.4) is 0 Å². The molecule has 0 bridgehead atoms. The molecule has 3 aromatic rings. The van der Waals surface area contributed by atoms with Gasteiger partial charge in [-0.3, -0.25) is 4.79 Å². The molecule has 0 radical (unpaired) electrons. The third-order valence-corrected chi connectivity index (χ3v) is 3.95. The lowest BCUT2D eigenvalue weighted by Gasteiger charge is -2.07. The van der Waals surface area contributed by atoms with Gasteiger partial charge in [-0.05, 0) is 48.4 Å². The largest absolute Gasteiger partial charge is 0.490 e. The Bertz CT molecular complexity index is 935. The van der Waals surface area contributed by atoms with Gasteiger partial charge in [0.05, 0.1) is 17.8 Å². The minimum absolute atomic E-state index is 0.0314. The molecule has 144 valence electrons. The van der Waals surface area contributed by atoms with E-state index < -0.39 is 5.97 Å². The van der Waals surface area contributed by atoms with Crippen LogP contribution in [0.2, 0.25) is 0 Å². The van der Waals surface area contributed by atoms with E-state index in [9.17, 15) is 4.79 Å². The van der Waals surface area contributed by atoms with Crippen molar-refractivity contribution in [3.8, 4) is 11.4 Å². The van der Waals surface area contributed by atoms with E-state index in [1.807, 2.05) is 43.5 Å². The SMILES string of the molecule is C/C(=N\OCCOc1cccc(CC(=O)O)c1)c1ccc(-n2cccn2)cc1. The van der Waals surface area contributed by atoms with Crippen LogP contribution in [-0.2, 0) is 16.1 Å². The maximum Gasteiger partial charge on any atom is 0.307 e. The molecule has 28 heavy (non-hydrogen) atoms. The number of aliphatic carboxylic acids is 1. The van der Waals surface area contributed by atoms with Gasteiger partial charge >= 0.3 is 5.97 Å². The summed E-state index contributed by atoms with van der Waals surface area (Å²) in [4.78, 5) is 16.1. The first-order valence-corrected chi connectivity index (χ1v) is 8.82. The van der Waals surface area contributed by atoms with Gasteiger partial charge < -0.3 is 14.7 Å². The van der Waals surface area contributed by atoms with E-state index in [-0.39, 0.29) is 13.0 Å². The second kappa shape index (κ2) is 9.36. The zero-order valence-corrected chi connectivity index (χ0v) is 15.5. The topological polar surface area (TPSA) is 85.9 Å². The standard InChI is InChI=1S/C21H21N3O4/c1-16(18-6-8-19(9-7-18)24-11-3-10-22-24)23-28-13-12-27-20-5-2-4-17(14-20)15-21(25)26/h2-11,14H,12-13,15H2,1H3,(H,25,26)/b23-16+. The maximum atomic E-state index is 10.8. The van der Waals surface area contributed by atoms with Crippen molar-refractivity contribution in [1.29, 1.82) is 0 Å². The normalized spacial score (nSPS) is 11.2. The van der Waals surface area contributed by atoms with E-state index >= 15 is 0 Å². The Balaban J connectivity index is 1.46. The smallest absolute Gasteiger partial charge is 0.307 e. The molecule has 0 saturated carbocycles. The van der Waals surface area contributed by atoms with Crippen LogP contribution in [-0.4, -0.2) is 39.8 Å². The zero-order valence-electron chi connectivity index (χ0n) is 15.5. The molecule has 1 heterocycles. The van der Waals surface area contributed by atoms with Crippen LogP contribution in [0.4, 0.5) is 0 Å². The Labute approximate surface area is 162 Å². The Morgan fingerprint density at radius 1 is 1.14 bits per heavy atom. The number of carboxylic acid groups (broad SMARTS) is 1. The highest BCUT2D eigenvalue weighted by Gasteiger charge is 2.03. The monoisotopic (exact) mass is 379 g/mol. The fraction of sp³-hybridized carbons (Fsp3) is 0.190. The number of benzene rings is 2. The minimum Gasteiger partial charge on any atom is -0.490 e. The first-order valence-electron chi connectivity index (χ1n) is 8.82. The summed E-state index contributed by atoms with van der Waals surface area (Å²) in [7, 11) is 0. The quantitative estimate of drug-likeness (QED) is 0.350. The molecular weight excluding hydrogens is 358 g/mol. The summed E-state index contributed by atoms with van der Waals surface area (Å²) < 4.78 is 7.36. The molecule has 0 saturated heterocycles. The molecular formula is C21H21N3O4. The highest BCUT2D eigenvalue weighted by molar-refractivity contribution is 5.98. The van der Waals surface area contributed by atoms with Gasteiger partial charge in [-0.25, -0.2) is 4.68 Å². The van der Waals surface area contributed by atoms with Crippen molar-refractivity contribution in [2.75, 3.05) is 13.2 Å². The van der Waals surface area contributed by atoms with Gasteiger partial charge in [0, 0.05) is 12.4 Å². The van der Waals surface area contributed by atoms with Gasteiger partial charge in [-0.15, -0.1) is 0 Å². The van der Waals surface area contributed by atoms with Crippen molar-refractivity contribution in [2.24, 2.45) is 5.16 Å². The second-order valence-electron chi connectivity index (χ2n) is 6.07. The molecule has 0 aliphatic rings. The third kappa shape index (κ3) is 5.44. The molecule has 0 amide bonds. The van der Waals surface area contributed by atoms with Gasteiger partial charge in [0.25, 0.3) is 0 Å². The molecule has 0 aliphatic carbocycles. The van der Waals surface area contributed by atoms with Crippen LogP contribution < -0.4 is 4.74 Å². The number of rotatable bonds is 9. The summed E-state index contributed by atoms with van der Waals surface area (Å²) in [5.74, 6) is -0.264. The van der Waals surface area contributed by atoms with E-state index in [0.717, 1.165) is 17.0 Å². The predicted molar refractivity (Wildman–Crippen MR) is 105 cm³/mol.